The fraction of sp³-hybridized carbons (Fsp3) is 0.533. The molecule has 0 aromatic carbocycles. The molecule has 7 nitrogen and oxygen atoms in total. The number of methoxy groups -OCH3 is 2. The lowest BCUT2D eigenvalue weighted by Gasteiger charge is -2.17. The molecule has 2 heterocycles. The zero-order valence-corrected chi connectivity index (χ0v) is 13.0. The Morgan fingerprint density at radius 2 is 2.18 bits per heavy atom. The summed E-state index contributed by atoms with van der Waals surface area (Å²) < 4.78 is 10.6. The molecule has 0 radical (unpaired) electrons. The first kappa shape index (κ1) is 16.2. The van der Waals surface area contributed by atoms with Gasteiger partial charge in [0, 0.05) is 45.8 Å². The summed E-state index contributed by atoms with van der Waals surface area (Å²) in [7, 11) is 4.68. The Hall–Kier alpha value is -2.15. The maximum absolute atomic E-state index is 12.6. The predicted octanol–water partition coefficient (Wildman–Crippen LogP) is 0.313. The van der Waals surface area contributed by atoms with Crippen LogP contribution in [0.2, 0.25) is 0 Å². The largest absolute Gasteiger partial charge is 0.480 e. The normalized spacial score (nSPS) is 20.8. The molecule has 0 aliphatic carbocycles. The van der Waals surface area contributed by atoms with Gasteiger partial charge < -0.3 is 19.7 Å². The van der Waals surface area contributed by atoms with Crippen LogP contribution in [0.1, 0.15) is 16.8 Å². The van der Waals surface area contributed by atoms with Crippen molar-refractivity contribution in [2.75, 3.05) is 34.4 Å². The molecule has 1 aromatic rings. The number of hydrogen-bond acceptors (Lipinski definition) is 5. The zero-order valence-electron chi connectivity index (χ0n) is 13.0. The highest BCUT2D eigenvalue weighted by Crippen LogP contribution is 2.26. The van der Waals surface area contributed by atoms with E-state index in [4.69, 9.17) is 9.47 Å². The van der Waals surface area contributed by atoms with Gasteiger partial charge in [0.15, 0.2) is 0 Å². The molecule has 0 saturated carbocycles. The number of pyridine rings is 1. The van der Waals surface area contributed by atoms with Crippen molar-refractivity contribution in [1.82, 2.24) is 15.2 Å². The van der Waals surface area contributed by atoms with Gasteiger partial charge in [-0.3, -0.25) is 9.59 Å². The molecule has 7 heteroatoms. The molecule has 1 aromatic heterocycles. The van der Waals surface area contributed by atoms with E-state index in [0.717, 1.165) is 0 Å². The van der Waals surface area contributed by atoms with Crippen molar-refractivity contribution in [2.45, 2.75) is 12.5 Å². The molecule has 2 rings (SSSR count). The van der Waals surface area contributed by atoms with Crippen LogP contribution in [0.5, 0.6) is 5.88 Å². The van der Waals surface area contributed by atoms with Crippen molar-refractivity contribution in [2.24, 2.45) is 5.92 Å². The number of ether oxygens (including phenoxy) is 2. The van der Waals surface area contributed by atoms with Gasteiger partial charge in [-0.25, -0.2) is 4.98 Å². The number of likely N-dealkylation sites (tertiary alicyclic amines) is 1. The van der Waals surface area contributed by atoms with Gasteiger partial charge in [0.05, 0.1) is 13.2 Å². The van der Waals surface area contributed by atoms with E-state index in [-0.39, 0.29) is 23.8 Å². The van der Waals surface area contributed by atoms with E-state index in [9.17, 15) is 9.59 Å². The molecule has 0 unspecified atom stereocenters. The van der Waals surface area contributed by atoms with Crippen molar-refractivity contribution in [3.8, 4) is 5.88 Å². The lowest BCUT2D eigenvalue weighted by Crippen LogP contribution is -2.30. The van der Waals surface area contributed by atoms with E-state index < -0.39 is 0 Å². The molecule has 0 spiro atoms. The van der Waals surface area contributed by atoms with Crippen LogP contribution in [0, 0.1) is 5.92 Å². The monoisotopic (exact) mass is 307 g/mol. The maximum Gasteiger partial charge on any atom is 0.259 e. The first-order chi connectivity index (χ1) is 10.6. The first-order valence-corrected chi connectivity index (χ1v) is 7.12. The van der Waals surface area contributed by atoms with Crippen molar-refractivity contribution in [3.05, 3.63) is 23.9 Å². The highest BCUT2D eigenvalue weighted by Gasteiger charge is 2.37. The molecule has 1 N–H and O–H groups in total. The summed E-state index contributed by atoms with van der Waals surface area (Å²) in [4.78, 5) is 29.9. The second kappa shape index (κ2) is 7.22. The van der Waals surface area contributed by atoms with Crippen LogP contribution in [0.3, 0.4) is 0 Å². The second-order valence-electron chi connectivity index (χ2n) is 5.18. The van der Waals surface area contributed by atoms with Crippen LogP contribution in [0.25, 0.3) is 0 Å². The van der Waals surface area contributed by atoms with Gasteiger partial charge in [0.2, 0.25) is 11.8 Å². The van der Waals surface area contributed by atoms with E-state index in [0.29, 0.717) is 31.0 Å². The van der Waals surface area contributed by atoms with Gasteiger partial charge in [-0.05, 0) is 12.1 Å². The minimum atomic E-state index is -0.161. The minimum absolute atomic E-state index is 0.0171. The van der Waals surface area contributed by atoms with Crippen molar-refractivity contribution >= 4 is 11.8 Å². The van der Waals surface area contributed by atoms with Crippen LogP contribution in [-0.4, -0.2) is 62.2 Å². The molecular weight excluding hydrogens is 286 g/mol. The highest BCUT2D eigenvalue weighted by atomic mass is 16.5. The van der Waals surface area contributed by atoms with Crippen LogP contribution < -0.4 is 10.1 Å². The average Bonchev–Trinajstić information content (AvgIpc) is 2.96. The number of aromatic nitrogens is 1. The van der Waals surface area contributed by atoms with Gasteiger partial charge in [0.25, 0.3) is 5.91 Å². The SMILES string of the molecule is CNC(=O)C[C@H]1CN(C(=O)c2cccnc2OC)C[C@@H]1OC. The third-order valence-corrected chi connectivity index (χ3v) is 3.89. The number of nitrogens with one attached hydrogen (secondary N) is 1. The molecule has 2 atom stereocenters. The van der Waals surface area contributed by atoms with Gasteiger partial charge in [-0.2, -0.15) is 0 Å². The summed E-state index contributed by atoms with van der Waals surface area (Å²) in [5, 5.41) is 2.60. The molecule has 22 heavy (non-hydrogen) atoms. The standard InChI is InChI=1S/C15H21N3O4/c1-16-13(19)7-10-8-18(9-12(10)21-2)15(20)11-5-4-6-17-14(11)22-3/h4-6,10,12H,7-9H2,1-3H3,(H,16,19)/t10-,12-/m0/s1. The lowest BCUT2D eigenvalue weighted by atomic mass is 10.0. The number of hydrogen-bond donors (Lipinski definition) is 1. The number of carbonyl (C=O) groups excluding carboxylic acids is 2. The molecule has 1 aliphatic rings. The van der Waals surface area contributed by atoms with Crippen LogP contribution in [-0.2, 0) is 9.53 Å². The van der Waals surface area contributed by atoms with E-state index in [1.54, 1.807) is 37.4 Å². The van der Waals surface area contributed by atoms with Crippen LogP contribution in [0.4, 0.5) is 0 Å². The van der Waals surface area contributed by atoms with Crippen molar-refractivity contribution in [1.29, 1.82) is 0 Å². The van der Waals surface area contributed by atoms with Gasteiger partial charge in [-0.15, -0.1) is 0 Å². The van der Waals surface area contributed by atoms with E-state index in [1.807, 2.05) is 0 Å². The topological polar surface area (TPSA) is 80.8 Å². The van der Waals surface area contributed by atoms with E-state index >= 15 is 0 Å². The van der Waals surface area contributed by atoms with Gasteiger partial charge >= 0.3 is 0 Å². The Bertz CT molecular complexity index is 549. The quantitative estimate of drug-likeness (QED) is 0.847. The molecule has 0 bridgehead atoms. The fourth-order valence-electron chi connectivity index (χ4n) is 2.70. The Labute approximate surface area is 129 Å². The minimum Gasteiger partial charge on any atom is -0.480 e. The number of amides is 2. The van der Waals surface area contributed by atoms with Gasteiger partial charge in [0.1, 0.15) is 5.56 Å². The number of nitrogens with zero attached hydrogens (tertiary/aromatic N) is 2. The van der Waals surface area contributed by atoms with Crippen LogP contribution in [0.15, 0.2) is 18.3 Å². The molecule has 1 fully saturated rings. The van der Waals surface area contributed by atoms with Crippen LogP contribution >= 0.6 is 0 Å². The van der Waals surface area contributed by atoms with Gasteiger partial charge in [-0.1, -0.05) is 0 Å². The molecule has 1 aliphatic heterocycles. The number of carbonyl (C=O) groups is 2. The Morgan fingerprint density at radius 3 is 2.82 bits per heavy atom. The summed E-state index contributed by atoms with van der Waals surface area (Å²) in [6.07, 6.45) is 1.76. The van der Waals surface area contributed by atoms with Crippen molar-refractivity contribution < 1.29 is 19.1 Å². The Morgan fingerprint density at radius 1 is 1.41 bits per heavy atom. The summed E-state index contributed by atoms with van der Waals surface area (Å²) >= 11 is 0. The zero-order chi connectivity index (χ0) is 16.1. The second-order valence-corrected chi connectivity index (χ2v) is 5.18. The summed E-state index contributed by atoms with van der Waals surface area (Å²) in [6.45, 7) is 0.928. The lowest BCUT2D eigenvalue weighted by molar-refractivity contribution is -0.122. The molecule has 120 valence electrons. The third kappa shape index (κ3) is 3.36. The molecular formula is C15H21N3O4. The summed E-state index contributed by atoms with van der Waals surface area (Å²) in [5.41, 5.74) is 0.417. The first-order valence-electron chi connectivity index (χ1n) is 7.12. The Kier molecular flexibility index (Phi) is 5.32. The third-order valence-electron chi connectivity index (χ3n) is 3.89. The maximum atomic E-state index is 12.6. The fourth-order valence-corrected chi connectivity index (χ4v) is 2.70. The summed E-state index contributed by atoms with van der Waals surface area (Å²) in [6, 6.07) is 3.38. The summed E-state index contributed by atoms with van der Waals surface area (Å²) in [5.74, 6) is 0.0690. The van der Waals surface area contributed by atoms with E-state index in [2.05, 4.69) is 10.3 Å². The predicted molar refractivity (Wildman–Crippen MR) is 79.7 cm³/mol. The Balaban J connectivity index is 2.13. The van der Waals surface area contributed by atoms with E-state index in [1.165, 1.54) is 7.11 Å². The number of rotatable bonds is 5. The van der Waals surface area contributed by atoms with Crippen molar-refractivity contribution in [3.63, 3.8) is 0 Å². The molecule has 1 saturated heterocycles. The average molecular weight is 307 g/mol. The smallest absolute Gasteiger partial charge is 0.259 e. The highest BCUT2D eigenvalue weighted by molar-refractivity contribution is 5.96. The molecule has 2 amide bonds.